The molecule has 0 saturated heterocycles. The first-order valence-electron chi connectivity index (χ1n) is 10.6. The molecular formula is C27H29Cl. The van der Waals surface area contributed by atoms with Gasteiger partial charge in [0, 0.05) is 5.02 Å². The Balaban J connectivity index is 1.33. The van der Waals surface area contributed by atoms with Gasteiger partial charge < -0.3 is 0 Å². The molecule has 0 spiro atoms. The van der Waals surface area contributed by atoms with Crippen LogP contribution in [-0.4, -0.2) is 0 Å². The van der Waals surface area contributed by atoms with Crippen molar-refractivity contribution in [1.82, 2.24) is 0 Å². The van der Waals surface area contributed by atoms with Gasteiger partial charge in [-0.15, -0.1) is 0 Å². The molecule has 0 radical (unpaired) electrons. The van der Waals surface area contributed by atoms with Gasteiger partial charge in [0.15, 0.2) is 0 Å². The van der Waals surface area contributed by atoms with Gasteiger partial charge in [0.2, 0.25) is 0 Å². The molecule has 0 aliphatic heterocycles. The Labute approximate surface area is 174 Å². The number of hydrogen-bond acceptors (Lipinski definition) is 0. The lowest BCUT2D eigenvalue weighted by molar-refractivity contribution is 0.297. The van der Waals surface area contributed by atoms with Crippen molar-refractivity contribution in [3.05, 3.63) is 95.0 Å². The van der Waals surface area contributed by atoms with Gasteiger partial charge >= 0.3 is 0 Å². The van der Waals surface area contributed by atoms with E-state index in [-0.39, 0.29) is 0 Å². The molecule has 1 aliphatic rings. The molecule has 0 aromatic heterocycles. The van der Waals surface area contributed by atoms with Gasteiger partial charge in [-0.25, -0.2) is 0 Å². The molecule has 1 aliphatic carbocycles. The van der Waals surface area contributed by atoms with Gasteiger partial charge in [-0.3, -0.25) is 0 Å². The molecule has 1 fully saturated rings. The Kier molecular flexibility index (Phi) is 6.17. The highest BCUT2D eigenvalue weighted by molar-refractivity contribution is 6.30. The molecule has 0 heterocycles. The molecular weight excluding hydrogens is 360 g/mol. The lowest BCUT2D eigenvalue weighted by atomic mass is 9.75. The summed E-state index contributed by atoms with van der Waals surface area (Å²) in [6.45, 7) is 2.39. The van der Waals surface area contributed by atoms with Crippen LogP contribution < -0.4 is 0 Å². The Hall–Kier alpha value is -2.05. The van der Waals surface area contributed by atoms with Gasteiger partial charge in [0.25, 0.3) is 0 Å². The highest BCUT2D eigenvalue weighted by Crippen LogP contribution is 2.40. The second-order valence-corrected chi connectivity index (χ2v) is 8.83. The first-order valence-corrected chi connectivity index (χ1v) is 11.0. The molecule has 4 rings (SSSR count). The standard InChI is InChI=1S/C27H29Cl/c1-20(22-5-3-2-4-6-22)19-21-7-9-23(10-8-21)24-11-13-25(14-12-24)26-15-17-27(28)18-16-26/h2-6,11-18,20-21,23H,7-10,19H2,1H3. The van der Waals surface area contributed by atoms with E-state index in [4.69, 9.17) is 11.6 Å². The lowest BCUT2D eigenvalue weighted by Crippen LogP contribution is -2.15. The molecule has 0 nitrogen and oxygen atoms in total. The number of rotatable bonds is 5. The maximum absolute atomic E-state index is 6.00. The summed E-state index contributed by atoms with van der Waals surface area (Å²) in [4.78, 5) is 0. The van der Waals surface area contributed by atoms with Gasteiger partial charge in [0.1, 0.15) is 0 Å². The van der Waals surface area contributed by atoms with Crippen LogP contribution >= 0.6 is 11.6 Å². The Bertz CT molecular complexity index is 856. The average Bonchev–Trinajstić information content (AvgIpc) is 2.76. The second-order valence-electron chi connectivity index (χ2n) is 8.39. The van der Waals surface area contributed by atoms with E-state index < -0.39 is 0 Å². The van der Waals surface area contributed by atoms with Crippen molar-refractivity contribution in [2.24, 2.45) is 5.92 Å². The van der Waals surface area contributed by atoms with Crippen LogP contribution in [0.3, 0.4) is 0 Å². The predicted octanol–water partition coefficient (Wildman–Crippen LogP) is 8.47. The zero-order valence-electron chi connectivity index (χ0n) is 16.7. The van der Waals surface area contributed by atoms with E-state index in [9.17, 15) is 0 Å². The monoisotopic (exact) mass is 388 g/mol. The van der Waals surface area contributed by atoms with E-state index >= 15 is 0 Å². The van der Waals surface area contributed by atoms with Crippen molar-refractivity contribution in [2.75, 3.05) is 0 Å². The minimum Gasteiger partial charge on any atom is -0.0843 e. The minimum atomic E-state index is 0.668. The van der Waals surface area contributed by atoms with Gasteiger partial charge in [-0.2, -0.15) is 0 Å². The van der Waals surface area contributed by atoms with Crippen LogP contribution in [0.1, 0.15) is 62.0 Å². The molecule has 3 aromatic rings. The fourth-order valence-corrected chi connectivity index (χ4v) is 4.87. The fourth-order valence-electron chi connectivity index (χ4n) is 4.74. The van der Waals surface area contributed by atoms with Crippen molar-refractivity contribution in [3.63, 3.8) is 0 Å². The molecule has 28 heavy (non-hydrogen) atoms. The fraction of sp³-hybridized carbons (Fsp3) is 0.333. The molecule has 1 heteroatoms. The summed E-state index contributed by atoms with van der Waals surface area (Å²) in [6.07, 6.45) is 6.70. The van der Waals surface area contributed by atoms with Gasteiger partial charge in [-0.1, -0.05) is 85.3 Å². The Morgan fingerprint density at radius 3 is 1.93 bits per heavy atom. The summed E-state index contributed by atoms with van der Waals surface area (Å²) in [5.41, 5.74) is 5.50. The Morgan fingerprint density at radius 2 is 1.32 bits per heavy atom. The number of hydrogen-bond donors (Lipinski definition) is 0. The summed E-state index contributed by atoms with van der Waals surface area (Å²) in [7, 11) is 0. The van der Waals surface area contributed by atoms with E-state index in [2.05, 4.69) is 73.7 Å². The number of benzene rings is 3. The summed E-state index contributed by atoms with van der Waals surface area (Å²) < 4.78 is 0. The third-order valence-corrected chi connectivity index (χ3v) is 6.71. The van der Waals surface area contributed by atoms with Crippen molar-refractivity contribution in [3.8, 4) is 11.1 Å². The second kappa shape index (κ2) is 8.97. The third kappa shape index (κ3) is 4.67. The summed E-state index contributed by atoms with van der Waals surface area (Å²) >= 11 is 6.00. The highest BCUT2D eigenvalue weighted by atomic mass is 35.5. The third-order valence-electron chi connectivity index (χ3n) is 6.46. The van der Waals surface area contributed by atoms with Crippen LogP contribution in [0.4, 0.5) is 0 Å². The maximum atomic E-state index is 6.00. The van der Waals surface area contributed by atoms with E-state index in [1.54, 1.807) is 0 Å². The first-order chi connectivity index (χ1) is 13.7. The van der Waals surface area contributed by atoms with Crippen molar-refractivity contribution in [2.45, 2.75) is 50.9 Å². The van der Waals surface area contributed by atoms with Gasteiger partial charge in [-0.05, 0) is 84.2 Å². The molecule has 1 atom stereocenters. The number of halogens is 1. The van der Waals surface area contributed by atoms with E-state index in [1.165, 1.54) is 54.4 Å². The molecule has 0 bridgehead atoms. The predicted molar refractivity (Wildman–Crippen MR) is 121 cm³/mol. The van der Waals surface area contributed by atoms with E-state index in [1.807, 2.05) is 12.1 Å². The topological polar surface area (TPSA) is 0 Å². The molecule has 0 amide bonds. The first kappa shape index (κ1) is 19.3. The minimum absolute atomic E-state index is 0.668. The maximum Gasteiger partial charge on any atom is 0.0406 e. The van der Waals surface area contributed by atoms with Crippen LogP contribution in [0.2, 0.25) is 5.02 Å². The molecule has 144 valence electrons. The normalized spacial score (nSPS) is 20.6. The quantitative estimate of drug-likeness (QED) is 0.411. The molecule has 1 unspecified atom stereocenters. The smallest absolute Gasteiger partial charge is 0.0406 e. The SMILES string of the molecule is CC(CC1CCC(c2ccc(-c3ccc(Cl)cc3)cc2)CC1)c1ccccc1. The van der Waals surface area contributed by atoms with Crippen molar-refractivity contribution in [1.29, 1.82) is 0 Å². The van der Waals surface area contributed by atoms with E-state index in [0.717, 1.165) is 16.9 Å². The van der Waals surface area contributed by atoms with Crippen LogP contribution in [0, 0.1) is 5.92 Å². The van der Waals surface area contributed by atoms with Crippen LogP contribution in [0.25, 0.3) is 11.1 Å². The highest BCUT2D eigenvalue weighted by Gasteiger charge is 2.24. The largest absolute Gasteiger partial charge is 0.0843 e. The average molecular weight is 389 g/mol. The lowest BCUT2D eigenvalue weighted by Gasteiger charge is -2.30. The zero-order valence-corrected chi connectivity index (χ0v) is 17.4. The summed E-state index contributed by atoms with van der Waals surface area (Å²) in [5, 5.41) is 0.790. The summed E-state index contributed by atoms with van der Waals surface area (Å²) in [5.74, 6) is 2.27. The Morgan fingerprint density at radius 1 is 0.750 bits per heavy atom. The van der Waals surface area contributed by atoms with Crippen molar-refractivity contribution < 1.29 is 0 Å². The van der Waals surface area contributed by atoms with Crippen molar-refractivity contribution >= 4 is 11.6 Å². The van der Waals surface area contributed by atoms with Crippen LogP contribution in [-0.2, 0) is 0 Å². The molecule has 0 N–H and O–H groups in total. The van der Waals surface area contributed by atoms with E-state index in [0.29, 0.717) is 5.92 Å². The zero-order chi connectivity index (χ0) is 19.3. The molecule has 1 saturated carbocycles. The van der Waals surface area contributed by atoms with Crippen LogP contribution in [0.5, 0.6) is 0 Å². The molecule has 3 aromatic carbocycles. The van der Waals surface area contributed by atoms with Crippen LogP contribution in [0.15, 0.2) is 78.9 Å². The van der Waals surface area contributed by atoms with Gasteiger partial charge in [0.05, 0.1) is 0 Å². The summed E-state index contributed by atoms with van der Waals surface area (Å²) in [6, 6.07) is 28.3.